The zero-order valence-corrected chi connectivity index (χ0v) is 9.76. The molecule has 0 aromatic heterocycles. The predicted octanol–water partition coefficient (Wildman–Crippen LogP) is 2.21. The summed E-state index contributed by atoms with van der Waals surface area (Å²) in [6.45, 7) is 4.60. The molecule has 0 aliphatic carbocycles. The molecule has 2 heteroatoms. The molecule has 1 aromatic carbocycles. The summed E-state index contributed by atoms with van der Waals surface area (Å²) in [5.74, 6) is 0.201. The van der Waals surface area contributed by atoms with E-state index >= 15 is 0 Å². The fourth-order valence-corrected chi connectivity index (χ4v) is 1.85. The largest absolute Gasteiger partial charge is 0.313 e. The topological polar surface area (TPSA) is 29.1 Å². The first-order valence-corrected chi connectivity index (χ1v) is 5.53. The number of carbonyl (C=O) groups is 1. The van der Waals surface area contributed by atoms with Crippen LogP contribution in [0.15, 0.2) is 18.2 Å². The maximum atomic E-state index is 11.9. The van der Waals surface area contributed by atoms with Gasteiger partial charge < -0.3 is 5.32 Å². The lowest BCUT2D eigenvalue weighted by Gasteiger charge is -2.11. The molecule has 0 radical (unpaired) electrons. The molecule has 0 heterocycles. The van der Waals surface area contributed by atoms with E-state index in [0.29, 0.717) is 6.54 Å². The number of Topliss-reactive ketones (excluding diaryl/α,β-unsaturated/α-hetero) is 1. The second kappa shape index (κ2) is 5.66. The second-order valence-electron chi connectivity index (χ2n) is 3.61. The number of carbonyl (C=O) groups excluding carboxylic acids is 1. The number of benzene rings is 1. The fourth-order valence-electron chi connectivity index (χ4n) is 1.85. The second-order valence-corrected chi connectivity index (χ2v) is 3.61. The molecular formula is C13H19NO. The van der Waals surface area contributed by atoms with Crippen LogP contribution in [0.5, 0.6) is 0 Å². The average Bonchev–Trinajstić information content (AvgIpc) is 2.28. The van der Waals surface area contributed by atoms with Gasteiger partial charge in [0.25, 0.3) is 0 Å². The number of hydrogen-bond acceptors (Lipinski definition) is 2. The Kier molecular flexibility index (Phi) is 4.50. The van der Waals surface area contributed by atoms with Crippen LogP contribution in [-0.4, -0.2) is 19.4 Å². The molecule has 0 atom stereocenters. The van der Waals surface area contributed by atoms with Gasteiger partial charge in [-0.05, 0) is 31.0 Å². The van der Waals surface area contributed by atoms with Gasteiger partial charge in [-0.1, -0.05) is 32.0 Å². The summed E-state index contributed by atoms with van der Waals surface area (Å²) in [5, 5.41) is 2.92. The highest BCUT2D eigenvalue weighted by Crippen LogP contribution is 2.16. The first-order valence-electron chi connectivity index (χ1n) is 5.53. The van der Waals surface area contributed by atoms with Crippen LogP contribution in [0.3, 0.4) is 0 Å². The smallest absolute Gasteiger partial charge is 0.177 e. The third kappa shape index (κ3) is 2.66. The fraction of sp³-hybridized carbons (Fsp3) is 0.462. The van der Waals surface area contributed by atoms with Crippen molar-refractivity contribution in [3.63, 3.8) is 0 Å². The number of hydrogen-bond donors (Lipinski definition) is 1. The molecular weight excluding hydrogens is 186 g/mol. The van der Waals surface area contributed by atoms with Crippen molar-refractivity contribution in [3.05, 3.63) is 34.9 Å². The Morgan fingerprint density at radius 2 is 1.73 bits per heavy atom. The minimum Gasteiger partial charge on any atom is -0.313 e. The molecule has 0 unspecified atom stereocenters. The molecule has 0 saturated carbocycles. The molecule has 0 amide bonds. The molecule has 1 rings (SSSR count). The van der Waals surface area contributed by atoms with Crippen LogP contribution in [0.4, 0.5) is 0 Å². The minimum atomic E-state index is 0.201. The van der Waals surface area contributed by atoms with Crippen LogP contribution in [0.2, 0.25) is 0 Å². The standard InChI is InChI=1S/C13H19NO/c1-4-10-7-6-8-11(5-2)13(10)12(15)9-14-3/h6-8,14H,4-5,9H2,1-3H3. The van der Waals surface area contributed by atoms with Crippen molar-refractivity contribution in [2.45, 2.75) is 26.7 Å². The van der Waals surface area contributed by atoms with Gasteiger partial charge in [-0.15, -0.1) is 0 Å². The van der Waals surface area contributed by atoms with Gasteiger partial charge in [-0.2, -0.15) is 0 Å². The van der Waals surface area contributed by atoms with Crippen LogP contribution < -0.4 is 5.32 Å². The summed E-state index contributed by atoms with van der Waals surface area (Å²) < 4.78 is 0. The molecule has 0 spiro atoms. The van der Waals surface area contributed by atoms with Gasteiger partial charge in [0.15, 0.2) is 5.78 Å². The van der Waals surface area contributed by atoms with Crippen LogP contribution in [0, 0.1) is 0 Å². The van der Waals surface area contributed by atoms with Crippen molar-refractivity contribution in [1.29, 1.82) is 0 Å². The third-order valence-electron chi connectivity index (χ3n) is 2.62. The van der Waals surface area contributed by atoms with Gasteiger partial charge >= 0.3 is 0 Å². The Labute approximate surface area is 91.7 Å². The van der Waals surface area contributed by atoms with E-state index in [9.17, 15) is 4.79 Å². The molecule has 0 fully saturated rings. The number of nitrogens with one attached hydrogen (secondary N) is 1. The SMILES string of the molecule is CCc1cccc(CC)c1C(=O)CNC. The first kappa shape index (κ1) is 11.9. The Hall–Kier alpha value is -1.15. The van der Waals surface area contributed by atoms with E-state index in [1.165, 1.54) is 0 Å². The predicted molar refractivity (Wildman–Crippen MR) is 63.5 cm³/mol. The molecule has 1 N–H and O–H groups in total. The number of likely N-dealkylation sites (N-methyl/N-ethyl adjacent to an activating group) is 1. The lowest BCUT2D eigenvalue weighted by molar-refractivity contribution is 0.0992. The quantitative estimate of drug-likeness (QED) is 0.747. The van der Waals surface area contributed by atoms with E-state index in [1.807, 2.05) is 18.2 Å². The summed E-state index contributed by atoms with van der Waals surface area (Å²) in [4.78, 5) is 11.9. The molecule has 1 aromatic rings. The van der Waals surface area contributed by atoms with Gasteiger partial charge in [0.1, 0.15) is 0 Å². The van der Waals surface area contributed by atoms with Gasteiger partial charge in [0.2, 0.25) is 0 Å². The molecule has 0 bridgehead atoms. The molecule has 0 aliphatic rings. The van der Waals surface area contributed by atoms with Crippen molar-refractivity contribution >= 4 is 5.78 Å². The van der Waals surface area contributed by atoms with Crippen molar-refractivity contribution in [2.75, 3.05) is 13.6 Å². The summed E-state index contributed by atoms with van der Waals surface area (Å²) in [5.41, 5.74) is 3.25. The Morgan fingerprint density at radius 1 is 1.20 bits per heavy atom. The van der Waals surface area contributed by atoms with Crippen molar-refractivity contribution in [1.82, 2.24) is 5.32 Å². The average molecular weight is 205 g/mol. The molecule has 15 heavy (non-hydrogen) atoms. The Morgan fingerprint density at radius 3 is 2.13 bits per heavy atom. The van der Waals surface area contributed by atoms with Crippen LogP contribution in [0.1, 0.15) is 35.3 Å². The van der Waals surface area contributed by atoms with Crippen molar-refractivity contribution < 1.29 is 4.79 Å². The van der Waals surface area contributed by atoms with Crippen molar-refractivity contribution in [3.8, 4) is 0 Å². The van der Waals surface area contributed by atoms with Gasteiger partial charge in [-0.3, -0.25) is 4.79 Å². The van der Waals surface area contributed by atoms with Gasteiger partial charge in [0.05, 0.1) is 6.54 Å². The van der Waals surface area contributed by atoms with Crippen LogP contribution >= 0.6 is 0 Å². The highest BCUT2D eigenvalue weighted by molar-refractivity contribution is 6.00. The summed E-state index contributed by atoms with van der Waals surface area (Å²) in [6, 6.07) is 6.12. The van der Waals surface area contributed by atoms with Crippen LogP contribution in [0.25, 0.3) is 0 Å². The third-order valence-corrected chi connectivity index (χ3v) is 2.62. The number of ketones is 1. The maximum Gasteiger partial charge on any atom is 0.177 e. The minimum absolute atomic E-state index is 0.201. The number of aryl methyl sites for hydroxylation is 2. The molecule has 0 saturated heterocycles. The van der Waals surface area contributed by atoms with E-state index in [4.69, 9.17) is 0 Å². The zero-order valence-electron chi connectivity index (χ0n) is 9.76. The van der Waals surface area contributed by atoms with Gasteiger partial charge in [-0.25, -0.2) is 0 Å². The normalized spacial score (nSPS) is 10.3. The zero-order chi connectivity index (χ0) is 11.3. The van der Waals surface area contributed by atoms with E-state index in [2.05, 4.69) is 19.2 Å². The lowest BCUT2D eigenvalue weighted by Crippen LogP contribution is -2.21. The first-order chi connectivity index (χ1) is 7.24. The van der Waals surface area contributed by atoms with E-state index in [0.717, 1.165) is 29.5 Å². The molecule has 0 aliphatic heterocycles. The van der Waals surface area contributed by atoms with Gasteiger partial charge in [0, 0.05) is 5.56 Å². The van der Waals surface area contributed by atoms with Crippen molar-refractivity contribution in [2.24, 2.45) is 0 Å². The van der Waals surface area contributed by atoms with E-state index < -0.39 is 0 Å². The summed E-state index contributed by atoms with van der Waals surface area (Å²) in [7, 11) is 1.80. The van der Waals surface area contributed by atoms with Crippen LogP contribution in [-0.2, 0) is 12.8 Å². The number of rotatable bonds is 5. The highest BCUT2D eigenvalue weighted by Gasteiger charge is 2.13. The summed E-state index contributed by atoms with van der Waals surface area (Å²) >= 11 is 0. The monoisotopic (exact) mass is 205 g/mol. The van der Waals surface area contributed by atoms with E-state index in [1.54, 1.807) is 7.05 Å². The highest BCUT2D eigenvalue weighted by atomic mass is 16.1. The molecule has 82 valence electrons. The Balaban J connectivity index is 3.15. The lowest BCUT2D eigenvalue weighted by atomic mass is 9.94. The maximum absolute atomic E-state index is 11.9. The summed E-state index contributed by atoms with van der Waals surface area (Å²) in [6.07, 6.45) is 1.83. The molecule has 2 nitrogen and oxygen atoms in total. The van der Waals surface area contributed by atoms with E-state index in [-0.39, 0.29) is 5.78 Å². The Bertz CT molecular complexity index is 322.